The molecular weight excluding hydrogens is 222 g/mol. The average molecular weight is 245 g/mol. The normalized spacial score (nSPS) is 12.2. The lowest BCUT2D eigenvalue weighted by atomic mass is 10.2. The molecule has 0 saturated carbocycles. The van der Waals surface area contributed by atoms with E-state index in [9.17, 15) is 9.59 Å². The highest BCUT2D eigenvalue weighted by Gasteiger charge is 2.17. The molecule has 0 aromatic carbocycles. The van der Waals surface area contributed by atoms with Gasteiger partial charge in [-0.2, -0.15) is 0 Å². The molecule has 0 fully saturated rings. The molecule has 1 unspecified atom stereocenters. The zero-order valence-corrected chi connectivity index (χ0v) is 10.9. The van der Waals surface area contributed by atoms with Crippen LogP contribution in [-0.4, -0.2) is 48.7 Å². The minimum Gasteiger partial charge on any atom is -0.481 e. The summed E-state index contributed by atoms with van der Waals surface area (Å²) >= 11 is 0. The maximum absolute atomic E-state index is 11.5. The molecule has 1 atom stereocenters. The van der Waals surface area contributed by atoms with E-state index in [1.54, 1.807) is 14.0 Å². The molecule has 5 nitrogen and oxygen atoms in total. The number of carbonyl (C=O) groups is 2. The van der Waals surface area contributed by atoms with Gasteiger partial charge in [0.05, 0.1) is 5.92 Å². The molecule has 1 amide bonds. The molecule has 100 valence electrons. The first-order valence-corrected chi connectivity index (χ1v) is 6.03. The van der Waals surface area contributed by atoms with Crippen molar-refractivity contribution in [3.05, 3.63) is 0 Å². The zero-order valence-electron chi connectivity index (χ0n) is 10.9. The summed E-state index contributed by atoms with van der Waals surface area (Å²) in [5.41, 5.74) is 0. The molecule has 0 saturated heterocycles. The van der Waals surface area contributed by atoms with Gasteiger partial charge in [0.2, 0.25) is 5.91 Å². The van der Waals surface area contributed by atoms with Gasteiger partial charge in [-0.3, -0.25) is 9.59 Å². The van der Waals surface area contributed by atoms with Crippen LogP contribution in [-0.2, 0) is 14.3 Å². The number of carboxylic acid groups (broad SMARTS) is 1. The van der Waals surface area contributed by atoms with Crippen LogP contribution in [0, 0.1) is 5.92 Å². The highest BCUT2D eigenvalue weighted by Crippen LogP contribution is 1.99. The highest BCUT2D eigenvalue weighted by molar-refractivity contribution is 5.78. The summed E-state index contributed by atoms with van der Waals surface area (Å²) in [5, 5.41) is 8.72. The van der Waals surface area contributed by atoms with Gasteiger partial charge in [-0.25, -0.2) is 0 Å². The van der Waals surface area contributed by atoms with E-state index in [1.165, 1.54) is 4.90 Å². The zero-order chi connectivity index (χ0) is 13.3. The van der Waals surface area contributed by atoms with Crippen LogP contribution in [0.25, 0.3) is 0 Å². The number of hydrogen-bond acceptors (Lipinski definition) is 3. The number of rotatable bonds is 9. The van der Waals surface area contributed by atoms with Gasteiger partial charge in [-0.15, -0.1) is 0 Å². The van der Waals surface area contributed by atoms with E-state index in [2.05, 4.69) is 6.92 Å². The lowest BCUT2D eigenvalue weighted by Gasteiger charge is -2.19. The van der Waals surface area contributed by atoms with Gasteiger partial charge in [-0.05, 0) is 6.42 Å². The van der Waals surface area contributed by atoms with Crippen molar-refractivity contribution < 1.29 is 19.4 Å². The minimum atomic E-state index is -0.895. The number of likely N-dealkylation sites (N-methyl/N-ethyl adjacent to an activating group) is 1. The smallest absolute Gasteiger partial charge is 0.308 e. The summed E-state index contributed by atoms with van der Waals surface area (Å²) in [5.74, 6) is -1.62. The summed E-state index contributed by atoms with van der Waals surface area (Å²) in [6.45, 7) is 4.52. The van der Waals surface area contributed by atoms with Crippen LogP contribution < -0.4 is 0 Å². The van der Waals surface area contributed by atoms with Crippen molar-refractivity contribution in [3.63, 3.8) is 0 Å². The Morgan fingerprint density at radius 3 is 2.53 bits per heavy atom. The third-order valence-electron chi connectivity index (χ3n) is 2.51. The van der Waals surface area contributed by atoms with Gasteiger partial charge in [0.25, 0.3) is 0 Å². The first-order chi connectivity index (χ1) is 7.99. The second kappa shape index (κ2) is 8.98. The largest absolute Gasteiger partial charge is 0.481 e. The Bertz CT molecular complexity index is 243. The van der Waals surface area contributed by atoms with Gasteiger partial charge in [0.1, 0.15) is 6.61 Å². The number of amides is 1. The number of unbranched alkanes of at least 4 members (excludes halogenated alkanes) is 2. The molecule has 0 heterocycles. The van der Waals surface area contributed by atoms with Crippen molar-refractivity contribution in [1.82, 2.24) is 4.90 Å². The molecule has 0 radical (unpaired) electrons. The summed E-state index contributed by atoms with van der Waals surface area (Å²) in [6, 6.07) is 0. The number of carboxylic acids is 1. The molecule has 17 heavy (non-hydrogen) atoms. The predicted molar refractivity (Wildman–Crippen MR) is 64.8 cm³/mol. The predicted octanol–water partition coefficient (Wildman–Crippen LogP) is 1.37. The van der Waals surface area contributed by atoms with Crippen LogP contribution in [0.15, 0.2) is 0 Å². The summed E-state index contributed by atoms with van der Waals surface area (Å²) in [4.78, 5) is 23.6. The number of aliphatic carboxylic acids is 1. The lowest BCUT2D eigenvalue weighted by Crippen LogP contribution is -2.36. The third-order valence-corrected chi connectivity index (χ3v) is 2.51. The topological polar surface area (TPSA) is 66.8 Å². The number of carbonyl (C=O) groups excluding carboxylic acids is 1. The Balaban J connectivity index is 3.71. The summed E-state index contributed by atoms with van der Waals surface area (Å²) in [6.07, 6.45) is 3.17. The Kier molecular flexibility index (Phi) is 8.40. The molecular formula is C12H23NO4. The Hall–Kier alpha value is -1.10. The monoisotopic (exact) mass is 245 g/mol. The Morgan fingerprint density at radius 2 is 2.00 bits per heavy atom. The minimum absolute atomic E-state index is 0.0343. The van der Waals surface area contributed by atoms with Crippen LogP contribution >= 0.6 is 0 Å². The van der Waals surface area contributed by atoms with Crippen molar-refractivity contribution in [2.75, 3.05) is 26.8 Å². The number of hydrogen-bond donors (Lipinski definition) is 1. The van der Waals surface area contributed by atoms with Crippen molar-refractivity contribution >= 4 is 11.9 Å². The van der Waals surface area contributed by atoms with Crippen molar-refractivity contribution in [2.24, 2.45) is 5.92 Å². The van der Waals surface area contributed by atoms with Gasteiger partial charge in [-0.1, -0.05) is 26.7 Å². The second-order valence-electron chi connectivity index (χ2n) is 4.27. The number of nitrogens with zero attached hydrogens (tertiary/aromatic N) is 1. The second-order valence-corrected chi connectivity index (χ2v) is 4.27. The van der Waals surface area contributed by atoms with Gasteiger partial charge in [0.15, 0.2) is 0 Å². The Labute approximate surface area is 103 Å². The van der Waals surface area contributed by atoms with Crippen LogP contribution in [0.4, 0.5) is 0 Å². The Morgan fingerprint density at radius 1 is 1.35 bits per heavy atom. The molecule has 0 aliphatic heterocycles. The first-order valence-electron chi connectivity index (χ1n) is 6.03. The van der Waals surface area contributed by atoms with Gasteiger partial charge in [0, 0.05) is 20.2 Å². The van der Waals surface area contributed by atoms with E-state index in [-0.39, 0.29) is 19.1 Å². The molecule has 0 aromatic heterocycles. The van der Waals surface area contributed by atoms with Crippen molar-refractivity contribution in [2.45, 2.75) is 33.1 Å². The maximum Gasteiger partial charge on any atom is 0.308 e. The third kappa shape index (κ3) is 7.74. The summed E-state index contributed by atoms with van der Waals surface area (Å²) in [7, 11) is 1.59. The van der Waals surface area contributed by atoms with Crippen molar-refractivity contribution in [3.8, 4) is 0 Å². The van der Waals surface area contributed by atoms with Crippen LogP contribution in [0.3, 0.4) is 0 Å². The molecule has 0 spiro atoms. The van der Waals surface area contributed by atoms with Crippen LogP contribution in [0.1, 0.15) is 33.1 Å². The van der Waals surface area contributed by atoms with Crippen molar-refractivity contribution in [1.29, 1.82) is 0 Å². The summed E-state index contributed by atoms with van der Waals surface area (Å²) < 4.78 is 5.22. The average Bonchev–Trinajstić information content (AvgIpc) is 2.28. The van der Waals surface area contributed by atoms with E-state index in [1.807, 2.05) is 0 Å². The fourth-order valence-electron chi connectivity index (χ4n) is 1.31. The quantitative estimate of drug-likeness (QED) is 0.623. The fourth-order valence-corrected chi connectivity index (χ4v) is 1.31. The molecule has 1 N–H and O–H groups in total. The molecule has 0 rings (SSSR count). The van der Waals surface area contributed by atoms with Gasteiger partial charge >= 0.3 is 5.97 Å². The number of ether oxygens (including phenoxy) is 1. The van der Waals surface area contributed by atoms with E-state index in [4.69, 9.17) is 9.84 Å². The van der Waals surface area contributed by atoms with E-state index >= 15 is 0 Å². The molecule has 0 bridgehead atoms. The van der Waals surface area contributed by atoms with E-state index < -0.39 is 11.9 Å². The maximum atomic E-state index is 11.5. The SMILES string of the molecule is CCCCCOCC(=O)N(C)CC(C)C(=O)O. The fraction of sp³-hybridized carbons (Fsp3) is 0.833. The molecule has 0 aliphatic carbocycles. The standard InChI is InChI=1S/C12H23NO4/c1-4-5-6-7-17-9-11(14)13(3)8-10(2)12(15)16/h10H,4-9H2,1-3H3,(H,15,16). The lowest BCUT2D eigenvalue weighted by molar-refractivity contribution is -0.143. The first kappa shape index (κ1) is 15.9. The van der Waals surface area contributed by atoms with Gasteiger partial charge < -0.3 is 14.7 Å². The van der Waals surface area contributed by atoms with Crippen LogP contribution in [0.5, 0.6) is 0 Å². The van der Waals surface area contributed by atoms with Crippen LogP contribution in [0.2, 0.25) is 0 Å². The molecule has 0 aliphatic rings. The van der Waals surface area contributed by atoms with E-state index in [0.717, 1.165) is 19.3 Å². The molecule has 5 heteroatoms. The highest BCUT2D eigenvalue weighted by atomic mass is 16.5. The molecule has 0 aromatic rings. The van der Waals surface area contributed by atoms with E-state index in [0.29, 0.717) is 6.61 Å².